The van der Waals surface area contributed by atoms with Gasteiger partial charge < -0.3 is 4.74 Å². The van der Waals surface area contributed by atoms with Gasteiger partial charge in [-0.3, -0.25) is 14.9 Å². The molecule has 0 atom stereocenters. The van der Waals surface area contributed by atoms with E-state index in [0.29, 0.717) is 33.5 Å². The molecule has 3 aromatic rings. The van der Waals surface area contributed by atoms with Crippen molar-refractivity contribution in [3.63, 3.8) is 0 Å². The fraction of sp³-hybridized carbons (Fsp3) is 0.136. The number of carbonyl (C=O) groups excluding carboxylic acids is 2. The fourth-order valence-corrected chi connectivity index (χ4v) is 3.88. The number of ether oxygens (including phenoxy) is 1. The lowest BCUT2D eigenvalue weighted by Gasteiger charge is -2.08. The minimum atomic E-state index is -0.412. The van der Waals surface area contributed by atoms with Gasteiger partial charge in [-0.1, -0.05) is 36.7 Å². The molecule has 30 heavy (non-hydrogen) atoms. The number of imide groups is 1. The highest BCUT2D eigenvalue weighted by Crippen LogP contribution is 2.34. The molecule has 152 valence electrons. The van der Waals surface area contributed by atoms with E-state index in [2.05, 4.69) is 5.32 Å². The third kappa shape index (κ3) is 4.27. The van der Waals surface area contributed by atoms with Crippen LogP contribution in [0.4, 0.5) is 4.79 Å². The smallest absolute Gasteiger partial charge is 0.290 e. The topological polar surface area (TPSA) is 73.2 Å². The molecular weight excluding hydrogens is 422 g/mol. The van der Waals surface area contributed by atoms with E-state index in [-0.39, 0.29) is 5.24 Å². The first-order chi connectivity index (χ1) is 14.5. The van der Waals surface area contributed by atoms with Gasteiger partial charge in [0.15, 0.2) is 0 Å². The second-order valence-corrected chi connectivity index (χ2v) is 7.98. The number of hydrogen-bond acceptors (Lipinski definition) is 5. The number of benzene rings is 2. The first-order valence-corrected chi connectivity index (χ1v) is 10.6. The van der Waals surface area contributed by atoms with Gasteiger partial charge in [-0.05, 0) is 54.6 Å². The lowest BCUT2D eigenvalue weighted by Crippen LogP contribution is -2.17. The van der Waals surface area contributed by atoms with E-state index in [1.54, 1.807) is 16.8 Å². The van der Waals surface area contributed by atoms with Crippen molar-refractivity contribution in [2.24, 2.45) is 0 Å². The van der Waals surface area contributed by atoms with Crippen LogP contribution in [0.15, 0.2) is 59.6 Å². The summed E-state index contributed by atoms with van der Waals surface area (Å²) in [5.74, 6) is 0.200. The van der Waals surface area contributed by atoms with E-state index >= 15 is 0 Å². The SMILES string of the molecule is CCCOc1ccc(-c2nn(-c3ccccc3)cc2/C=C2/SC(=O)NC2=O)cc1Cl. The summed E-state index contributed by atoms with van der Waals surface area (Å²) in [6, 6.07) is 15.1. The first-order valence-electron chi connectivity index (χ1n) is 9.38. The van der Waals surface area contributed by atoms with Crippen LogP contribution in [0.3, 0.4) is 0 Å². The normalized spacial score (nSPS) is 14.9. The lowest BCUT2D eigenvalue weighted by atomic mass is 10.1. The average molecular weight is 440 g/mol. The number of amides is 2. The molecule has 0 bridgehead atoms. The predicted octanol–water partition coefficient (Wildman–Crippen LogP) is 5.31. The molecule has 1 aliphatic heterocycles. The predicted molar refractivity (Wildman–Crippen MR) is 119 cm³/mol. The van der Waals surface area contributed by atoms with Crippen molar-refractivity contribution in [2.45, 2.75) is 13.3 Å². The van der Waals surface area contributed by atoms with Gasteiger partial charge in [0.05, 0.1) is 22.2 Å². The summed E-state index contributed by atoms with van der Waals surface area (Å²) in [5.41, 5.74) is 2.99. The second kappa shape index (κ2) is 8.77. The molecule has 4 rings (SSSR count). The molecule has 2 aromatic carbocycles. The number of hydrogen-bond donors (Lipinski definition) is 1. The number of aromatic nitrogens is 2. The molecule has 0 aliphatic carbocycles. The maximum Gasteiger partial charge on any atom is 0.290 e. The Balaban J connectivity index is 1.79. The van der Waals surface area contributed by atoms with Crippen molar-refractivity contribution in [3.05, 3.63) is 70.2 Å². The molecule has 0 saturated carbocycles. The number of para-hydroxylation sites is 1. The third-order valence-corrected chi connectivity index (χ3v) is 5.46. The van der Waals surface area contributed by atoms with Crippen LogP contribution in [0.2, 0.25) is 5.02 Å². The first kappa shape index (κ1) is 20.3. The molecule has 2 amide bonds. The highest BCUT2D eigenvalue weighted by Gasteiger charge is 2.26. The molecule has 1 fully saturated rings. The molecule has 0 spiro atoms. The summed E-state index contributed by atoms with van der Waals surface area (Å²) in [6.07, 6.45) is 4.38. The highest BCUT2D eigenvalue weighted by molar-refractivity contribution is 8.18. The Morgan fingerprint density at radius 3 is 2.67 bits per heavy atom. The fourth-order valence-electron chi connectivity index (χ4n) is 2.97. The number of carbonyl (C=O) groups is 2. The summed E-state index contributed by atoms with van der Waals surface area (Å²) >= 11 is 7.29. The van der Waals surface area contributed by atoms with Crippen LogP contribution in [0.5, 0.6) is 5.75 Å². The summed E-state index contributed by atoms with van der Waals surface area (Å²) in [6.45, 7) is 2.61. The Bertz CT molecular complexity index is 1140. The second-order valence-electron chi connectivity index (χ2n) is 6.56. The number of halogens is 1. The number of nitrogens with one attached hydrogen (secondary N) is 1. The third-order valence-electron chi connectivity index (χ3n) is 4.36. The Morgan fingerprint density at radius 1 is 1.20 bits per heavy atom. The van der Waals surface area contributed by atoms with Gasteiger partial charge in [-0.25, -0.2) is 4.68 Å². The van der Waals surface area contributed by atoms with Crippen molar-refractivity contribution in [3.8, 4) is 22.7 Å². The van der Waals surface area contributed by atoms with Gasteiger partial charge in [0.1, 0.15) is 11.4 Å². The summed E-state index contributed by atoms with van der Waals surface area (Å²) in [5, 5.41) is 7.09. The molecular formula is C22H18ClN3O3S. The van der Waals surface area contributed by atoms with Crippen LogP contribution >= 0.6 is 23.4 Å². The maximum absolute atomic E-state index is 12.0. The van der Waals surface area contributed by atoms with E-state index in [4.69, 9.17) is 21.4 Å². The van der Waals surface area contributed by atoms with E-state index in [9.17, 15) is 9.59 Å². The largest absolute Gasteiger partial charge is 0.492 e. The van der Waals surface area contributed by atoms with Crippen molar-refractivity contribution >= 4 is 40.6 Å². The van der Waals surface area contributed by atoms with Crippen LogP contribution in [0.1, 0.15) is 18.9 Å². The van der Waals surface area contributed by atoms with Crippen LogP contribution in [0, 0.1) is 0 Å². The van der Waals surface area contributed by atoms with E-state index in [0.717, 1.165) is 29.4 Å². The zero-order valence-electron chi connectivity index (χ0n) is 16.1. The lowest BCUT2D eigenvalue weighted by molar-refractivity contribution is -0.115. The van der Waals surface area contributed by atoms with Gasteiger partial charge in [0, 0.05) is 17.3 Å². The zero-order chi connectivity index (χ0) is 21.1. The number of rotatable bonds is 6. The minimum absolute atomic E-state index is 0.322. The monoisotopic (exact) mass is 439 g/mol. The van der Waals surface area contributed by atoms with Crippen LogP contribution in [-0.4, -0.2) is 27.5 Å². The van der Waals surface area contributed by atoms with Crippen LogP contribution in [0.25, 0.3) is 23.0 Å². The highest BCUT2D eigenvalue weighted by atomic mass is 35.5. The van der Waals surface area contributed by atoms with E-state index in [1.165, 1.54) is 0 Å². The Hall–Kier alpha value is -3.03. The van der Waals surface area contributed by atoms with Gasteiger partial charge in [-0.2, -0.15) is 5.10 Å². The minimum Gasteiger partial charge on any atom is -0.492 e. The quantitative estimate of drug-likeness (QED) is 0.527. The molecule has 1 aliphatic rings. The van der Waals surface area contributed by atoms with Gasteiger partial charge >= 0.3 is 0 Å². The van der Waals surface area contributed by atoms with Crippen LogP contribution < -0.4 is 10.1 Å². The standard InChI is InChI=1S/C22H18ClN3O3S/c1-2-10-29-18-9-8-14(11-17(18)23)20-15(12-19-21(27)24-22(28)30-19)13-26(25-20)16-6-4-3-5-7-16/h3-9,11-13H,2,10H2,1H3,(H,24,27,28)/b19-12+. The van der Waals surface area contributed by atoms with E-state index < -0.39 is 5.91 Å². The molecule has 1 saturated heterocycles. The molecule has 1 aromatic heterocycles. The molecule has 0 unspecified atom stereocenters. The molecule has 0 radical (unpaired) electrons. The van der Waals surface area contributed by atoms with E-state index in [1.807, 2.05) is 55.6 Å². The van der Waals surface area contributed by atoms with Gasteiger partial charge in [0.25, 0.3) is 11.1 Å². The van der Waals surface area contributed by atoms with Crippen LogP contribution in [-0.2, 0) is 4.79 Å². The molecule has 1 N–H and O–H groups in total. The maximum atomic E-state index is 12.0. The molecule has 6 nitrogen and oxygen atoms in total. The molecule has 8 heteroatoms. The van der Waals surface area contributed by atoms with Gasteiger partial charge in [-0.15, -0.1) is 0 Å². The number of nitrogens with zero attached hydrogens (tertiary/aromatic N) is 2. The Labute approximate surface area is 182 Å². The van der Waals surface area contributed by atoms with Gasteiger partial charge in [0.2, 0.25) is 0 Å². The van der Waals surface area contributed by atoms with Crippen molar-refractivity contribution in [2.75, 3.05) is 6.61 Å². The average Bonchev–Trinajstić information content (AvgIpc) is 3.30. The van der Waals surface area contributed by atoms with Crippen molar-refractivity contribution in [1.82, 2.24) is 15.1 Å². The number of thioether (sulfide) groups is 1. The Morgan fingerprint density at radius 2 is 2.00 bits per heavy atom. The zero-order valence-corrected chi connectivity index (χ0v) is 17.7. The summed E-state index contributed by atoms with van der Waals surface area (Å²) in [4.78, 5) is 23.9. The summed E-state index contributed by atoms with van der Waals surface area (Å²) in [7, 11) is 0. The van der Waals surface area contributed by atoms with Crippen molar-refractivity contribution in [1.29, 1.82) is 0 Å². The summed E-state index contributed by atoms with van der Waals surface area (Å²) < 4.78 is 7.38. The Kier molecular flexibility index (Phi) is 5.92. The molecule has 2 heterocycles. The van der Waals surface area contributed by atoms with Crippen molar-refractivity contribution < 1.29 is 14.3 Å².